The van der Waals surface area contributed by atoms with Gasteiger partial charge in [-0.25, -0.2) is 0 Å². The number of Topliss-reactive ketones (excluding diaryl/α,β-unsaturated/α-hetero) is 1. The summed E-state index contributed by atoms with van der Waals surface area (Å²) >= 11 is 0. The Morgan fingerprint density at radius 1 is 1.35 bits per heavy atom. The van der Waals surface area contributed by atoms with E-state index in [1.807, 2.05) is 18.2 Å². The molecule has 0 aliphatic heterocycles. The van der Waals surface area contributed by atoms with Gasteiger partial charge in [-0.1, -0.05) is 6.42 Å². The SMILES string of the molecule is CC(=O)c1cc(N(C)CC2CC3CCC2C3)ccc1N. The molecular weight excluding hydrogens is 248 g/mol. The lowest BCUT2D eigenvalue weighted by Gasteiger charge is -2.29. The lowest BCUT2D eigenvalue weighted by atomic mass is 9.88. The summed E-state index contributed by atoms with van der Waals surface area (Å²) in [5.41, 5.74) is 8.19. The van der Waals surface area contributed by atoms with Crippen molar-refractivity contribution in [2.75, 3.05) is 24.2 Å². The first-order valence-electron chi connectivity index (χ1n) is 7.66. The average Bonchev–Trinajstić information content (AvgIpc) is 3.01. The van der Waals surface area contributed by atoms with Crippen LogP contribution in [0.1, 0.15) is 43.0 Å². The Bertz CT molecular complexity index is 526. The molecule has 108 valence electrons. The molecule has 2 saturated carbocycles. The number of carbonyl (C=O) groups excluding carboxylic acids is 1. The molecule has 1 aromatic carbocycles. The second-order valence-corrected chi connectivity index (χ2v) is 6.64. The third kappa shape index (κ3) is 2.41. The number of fused-ring (bicyclic) bond motifs is 2. The largest absolute Gasteiger partial charge is 0.398 e. The first kappa shape index (κ1) is 13.5. The molecule has 2 aliphatic rings. The molecule has 2 bridgehead atoms. The van der Waals surface area contributed by atoms with Crippen LogP contribution in [0, 0.1) is 17.8 Å². The number of anilines is 2. The Morgan fingerprint density at radius 3 is 2.75 bits per heavy atom. The van der Waals surface area contributed by atoms with E-state index in [9.17, 15) is 4.79 Å². The fraction of sp³-hybridized carbons (Fsp3) is 0.588. The van der Waals surface area contributed by atoms with Gasteiger partial charge in [0.05, 0.1) is 0 Å². The van der Waals surface area contributed by atoms with Crippen LogP contribution in [-0.4, -0.2) is 19.4 Å². The lowest BCUT2D eigenvalue weighted by molar-refractivity contribution is 0.101. The second kappa shape index (κ2) is 5.12. The number of rotatable bonds is 4. The van der Waals surface area contributed by atoms with Gasteiger partial charge in [-0.3, -0.25) is 4.79 Å². The Balaban J connectivity index is 1.72. The van der Waals surface area contributed by atoms with Crippen LogP contribution in [-0.2, 0) is 0 Å². The topological polar surface area (TPSA) is 46.3 Å². The summed E-state index contributed by atoms with van der Waals surface area (Å²) < 4.78 is 0. The van der Waals surface area contributed by atoms with Crippen molar-refractivity contribution < 1.29 is 4.79 Å². The van der Waals surface area contributed by atoms with Gasteiger partial charge in [0, 0.05) is 30.5 Å². The van der Waals surface area contributed by atoms with E-state index >= 15 is 0 Å². The van der Waals surface area contributed by atoms with Crippen molar-refractivity contribution in [1.29, 1.82) is 0 Å². The Kier molecular flexibility index (Phi) is 3.45. The Hall–Kier alpha value is -1.51. The third-order valence-corrected chi connectivity index (χ3v) is 5.25. The van der Waals surface area contributed by atoms with Gasteiger partial charge in [-0.15, -0.1) is 0 Å². The van der Waals surface area contributed by atoms with Crippen LogP contribution in [0.4, 0.5) is 11.4 Å². The van der Waals surface area contributed by atoms with E-state index in [1.54, 1.807) is 6.92 Å². The summed E-state index contributed by atoms with van der Waals surface area (Å²) in [6.45, 7) is 2.67. The minimum absolute atomic E-state index is 0.0395. The number of carbonyl (C=O) groups is 1. The quantitative estimate of drug-likeness (QED) is 0.675. The standard InChI is InChI=1S/C17H24N2O/c1-11(20)16-9-15(5-6-17(16)18)19(2)10-14-8-12-3-4-13(14)7-12/h5-6,9,12-14H,3-4,7-8,10,18H2,1-2H3. The molecule has 2 aliphatic carbocycles. The van der Waals surface area contributed by atoms with E-state index in [4.69, 9.17) is 5.73 Å². The summed E-state index contributed by atoms with van der Waals surface area (Å²) in [4.78, 5) is 13.9. The number of benzene rings is 1. The van der Waals surface area contributed by atoms with E-state index in [2.05, 4.69) is 11.9 Å². The number of nitrogens with zero attached hydrogens (tertiary/aromatic N) is 1. The van der Waals surface area contributed by atoms with Gasteiger partial charge < -0.3 is 10.6 Å². The van der Waals surface area contributed by atoms with Gasteiger partial charge in [0.2, 0.25) is 0 Å². The molecule has 0 spiro atoms. The zero-order chi connectivity index (χ0) is 14.3. The van der Waals surface area contributed by atoms with Crippen molar-refractivity contribution in [3.8, 4) is 0 Å². The van der Waals surface area contributed by atoms with Crippen LogP contribution < -0.4 is 10.6 Å². The molecule has 3 atom stereocenters. The van der Waals surface area contributed by atoms with Crippen molar-refractivity contribution in [2.45, 2.75) is 32.6 Å². The summed E-state index contributed by atoms with van der Waals surface area (Å²) in [5, 5.41) is 0. The Morgan fingerprint density at radius 2 is 2.15 bits per heavy atom. The van der Waals surface area contributed by atoms with Crippen molar-refractivity contribution in [3.05, 3.63) is 23.8 Å². The normalized spacial score (nSPS) is 27.8. The molecule has 20 heavy (non-hydrogen) atoms. The molecule has 3 rings (SSSR count). The van der Waals surface area contributed by atoms with Crippen molar-refractivity contribution in [3.63, 3.8) is 0 Å². The van der Waals surface area contributed by atoms with Crippen LogP contribution in [0.3, 0.4) is 0 Å². The van der Waals surface area contributed by atoms with E-state index in [1.165, 1.54) is 25.7 Å². The van der Waals surface area contributed by atoms with E-state index in [-0.39, 0.29) is 5.78 Å². The van der Waals surface area contributed by atoms with Crippen LogP contribution >= 0.6 is 0 Å². The molecule has 0 heterocycles. The second-order valence-electron chi connectivity index (χ2n) is 6.64. The average molecular weight is 272 g/mol. The Labute approximate surface area is 121 Å². The number of nitrogen functional groups attached to an aromatic ring is 1. The minimum atomic E-state index is 0.0395. The third-order valence-electron chi connectivity index (χ3n) is 5.25. The first-order valence-corrected chi connectivity index (χ1v) is 7.66. The highest BCUT2D eigenvalue weighted by molar-refractivity contribution is 6.00. The van der Waals surface area contributed by atoms with Gasteiger partial charge in [-0.05, 0) is 62.1 Å². The molecule has 2 fully saturated rings. The molecule has 2 N–H and O–H groups in total. The summed E-state index contributed by atoms with van der Waals surface area (Å²) in [5.74, 6) is 2.79. The highest BCUT2D eigenvalue weighted by Crippen LogP contribution is 2.48. The van der Waals surface area contributed by atoms with Gasteiger partial charge in [0.1, 0.15) is 0 Å². The highest BCUT2D eigenvalue weighted by atomic mass is 16.1. The molecule has 0 radical (unpaired) electrons. The van der Waals surface area contributed by atoms with Crippen LogP contribution in [0.15, 0.2) is 18.2 Å². The predicted octanol–water partition coefficient (Wildman–Crippen LogP) is 3.34. The van der Waals surface area contributed by atoms with Crippen molar-refractivity contribution >= 4 is 17.2 Å². The van der Waals surface area contributed by atoms with Crippen molar-refractivity contribution in [1.82, 2.24) is 0 Å². The molecule has 3 unspecified atom stereocenters. The zero-order valence-corrected chi connectivity index (χ0v) is 12.4. The maximum Gasteiger partial charge on any atom is 0.161 e. The summed E-state index contributed by atoms with van der Waals surface area (Å²) in [6.07, 6.45) is 5.70. The maximum absolute atomic E-state index is 11.6. The number of nitrogens with two attached hydrogens (primary N) is 1. The fourth-order valence-corrected chi connectivity index (χ4v) is 4.14. The molecule has 0 saturated heterocycles. The molecule has 0 aromatic heterocycles. The molecule has 0 amide bonds. The molecule has 1 aromatic rings. The van der Waals surface area contributed by atoms with Crippen molar-refractivity contribution in [2.24, 2.45) is 17.8 Å². The number of ketones is 1. The van der Waals surface area contributed by atoms with E-state index in [0.29, 0.717) is 11.3 Å². The van der Waals surface area contributed by atoms with Gasteiger partial charge in [-0.2, -0.15) is 0 Å². The number of hydrogen-bond donors (Lipinski definition) is 1. The fourth-order valence-electron chi connectivity index (χ4n) is 4.14. The zero-order valence-electron chi connectivity index (χ0n) is 12.4. The lowest BCUT2D eigenvalue weighted by Crippen LogP contribution is -2.28. The molecular formula is C17H24N2O. The van der Waals surface area contributed by atoms with Gasteiger partial charge in [0.25, 0.3) is 0 Å². The van der Waals surface area contributed by atoms with E-state index < -0.39 is 0 Å². The smallest absolute Gasteiger partial charge is 0.161 e. The summed E-state index contributed by atoms with van der Waals surface area (Å²) in [7, 11) is 2.13. The molecule has 3 nitrogen and oxygen atoms in total. The minimum Gasteiger partial charge on any atom is -0.398 e. The van der Waals surface area contributed by atoms with Crippen LogP contribution in [0.25, 0.3) is 0 Å². The maximum atomic E-state index is 11.6. The monoisotopic (exact) mass is 272 g/mol. The van der Waals surface area contributed by atoms with Crippen LogP contribution in [0.2, 0.25) is 0 Å². The number of hydrogen-bond acceptors (Lipinski definition) is 3. The first-order chi connectivity index (χ1) is 9.54. The van der Waals surface area contributed by atoms with Gasteiger partial charge in [0.15, 0.2) is 5.78 Å². The van der Waals surface area contributed by atoms with Gasteiger partial charge >= 0.3 is 0 Å². The van der Waals surface area contributed by atoms with E-state index in [0.717, 1.165) is 30.0 Å². The summed E-state index contributed by atoms with van der Waals surface area (Å²) in [6, 6.07) is 5.81. The van der Waals surface area contributed by atoms with Crippen LogP contribution in [0.5, 0.6) is 0 Å². The molecule has 3 heteroatoms. The predicted molar refractivity (Wildman–Crippen MR) is 83.1 cm³/mol. The highest BCUT2D eigenvalue weighted by Gasteiger charge is 2.39.